The summed E-state index contributed by atoms with van der Waals surface area (Å²) in [4.78, 5) is 17.8. The van der Waals surface area contributed by atoms with Gasteiger partial charge in [0.05, 0.1) is 6.20 Å². The number of piperazine rings is 1. The fraction of sp³-hybridized carbons (Fsp3) is 0.357. The first-order valence-electron chi connectivity index (χ1n) is 6.69. The standard InChI is InChI=1S/C14H17N5O/c1-17-15-11-13(16-17)14(20)19-9-7-18(8-10-19)12-5-3-2-4-6-12/h2-6,11H,7-10H2,1H3. The van der Waals surface area contributed by atoms with E-state index in [4.69, 9.17) is 0 Å². The highest BCUT2D eigenvalue weighted by atomic mass is 16.2. The van der Waals surface area contributed by atoms with Crippen molar-refractivity contribution in [2.45, 2.75) is 0 Å². The molecule has 1 fully saturated rings. The zero-order valence-electron chi connectivity index (χ0n) is 11.4. The maximum absolute atomic E-state index is 12.2. The summed E-state index contributed by atoms with van der Waals surface area (Å²) in [6.45, 7) is 3.11. The van der Waals surface area contributed by atoms with Crippen LogP contribution >= 0.6 is 0 Å². The summed E-state index contributed by atoms with van der Waals surface area (Å²) < 4.78 is 0. The molecular weight excluding hydrogens is 254 g/mol. The minimum atomic E-state index is -0.0363. The predicted octanol–water partition coefficient (Wildman–Crippen LogP) is 0.777. The highest BCUT2D eigenvalue weighted by molar-refractivity contribution is 5.92. The first-order valence-corrected chi connectivity index (χ1v) is 6.69. The number of hydrogen-bond donors (Lipinski definition) is 0. The van der Waals surface area contributed by atoms with Gasteiger partial charge in [0, 0.05) is 38.9 Å². The largest absolute Gasteiger partial charge is 0.368 e. The number of aromatic nitrogens is 3. The first kappa shape index (κ1) is 12.7. The molecule has 3 rings (SSSR count). The summed E-state index contributed by atoms with van der Waals surface area (Å²) in [6, 6.07) is 10.3. The van der Waals surface area contributed by atoms with E-state index in [1.807, 2.05) is 23.1 Å². The lowest BCUT2D eigenvalue weighted by atomic mass is 10.2. The zero-order valence-corrected chi connectivity index (χ0v) is 11.4. The summed E-state index contributed by atoms with van der Waals surface area (Å²) >= 11 is 0. The van der Waals surface area contributed by atoms with E-state index in [0.29, 0.717) is 18.8 Å². The van der Waals surface area contributed by atoms with E-state index in [1.165, 1.54) is 16.7 Å². The van der Waals surface area contributed by atoms with Gasteiger partial charge in [-0.05, 0) is 12.1 Å². The maximum atomic E-state index is 12.2. The van der Waals surface area contributed by atoms with Gasteiger partial charge < -0.3 is 9.80 Å². The second kappa shape index (κ2) is 5.32. The summed E-state index contributed by atoms with van der Waals surface area (Å²) in [6.07, 6.45) is 1.52. The van der Waals surface area contributed by atoms with Crippen LogP contribution in [0, 0.1) is 0 Å². The molecule has 1 amide bonds. The summed E-state index contributed by atoms with van der Waals surface area (Å²) in [5.41, 5.74) is 1.62. The average Bonchev–Trinajstić information content (AvgIpc) is 2.94. The minimum Gasteiger partial charge on any atom is -0.368 e. The van der Waals surface area contributed by atoms with E-state index in [9.17, 15) is 4.79 Å². The van der Waals surface area contributed by atoms with Crippen molar-refractivity contribution in [3.05, 3.63) is 42.2 Å². The van der Waals surface area contributed by atoms with Crippen LogP contribution in [-0.2, 0) is 7.05 Å². The molecule has 6 nitrogen and oxygen atoms in total. The number of anilines is 1. The summed E-state index contributed by atoms with van der Waals surface area (Å²) in [5.74, 6) is -0.0363. The van der Waals surface area contributed by atoms with Crippen LogP contribution in [0.3, 0.4) is 0 Å². The summed E-state index contributed by atoms with van der Waals surface area (Å²) in [7, 11) is 1.71. The van der Waals surface area contributed by atoms with E-state index in [2.05, 4.69) is 27.2 Å². The van der Waals surface area contributed by atoms with Crippen molar-refractivity contribution in [3.63, 3.8) is 0 Å². The SMILES string of the molecule is Cn1ncc(C(=O)N2CCN(c3ccccc3)CC2)n1. The van der Waals surface area contributed by atoms with Crippen LogP contribution < -0.4 is 4.90 Å². The number of benzene rings is 1. The van der Waals surface area contributed by atoms with Gasteiger partial charge in [0.1, 0.15) is 0 Å². The highest BCUT2D eigenvalue weighted by Gasteiger charge is 2.23. The Kier molecular flexibility index (Phi) is 3.37. The number of carbonyl (C=O) groups excluding carboxylic acids is 1. The van der Waals surface area contributed by atoms with Crippen LogP contribution in [0.25, 0.3) is 0 Å². The van der Waals surface area contributed by atoms with E-state index >= 15 is 0 Å². The maximum Gasteiger partial charge on any atom is 0.276 e. The Bertz CT molecular complexity index is 587. The molecule has 0 bridgehead atoms. The Morgan fingerprint density at radius 2 is 1.80 bits per heavy atom. The molecule has 0 aliphatic carbocycles. The Hall–Kier alpha value is -2.37. The predicted molar refractivity (Wildman–Crippen MR) is 75.6 cm³/mol. The molecule has 0 spiro atoms. The normalized spacial score (nSPS) is 15.4. The molecule has 0 atom stereocenters. The number of rotatable bonds is 2. The van der Waals surface area contributed by atoms with Crippen LogP contribution in [0.5, 0.6) is 0 Å². The third kappa shape index (κ3) is 2.49. The molecule has 0 unspecified atom stereocenters. The van der Waals surface area contributed by atoms with Crippen molar-refractivity contribution < 1.29 is 4.79 Å². The Morgan fingerprint density at radius 1 is 1.10 bits per heavy atom. The van der Waals surface area contributed by atoms with E-state index in [0.717, 1.165) is 13.1 Å². The Labute approximate surface area is 117 Å². The molecule has 2 aromatic rings. The molecule has 6 heteroatoms. The molecule has 1 aromatic carbocycles. The van der Waals surface area contributed by atoms with Crippen LogP contribution in [0.2, 0.25) is 0 Å². The fourth-order valence-corrected chi connectivity index (χ4v) is 2.41. The highest BCUT2D eigenvalue weighted by Crippen LogP contribution is 2.16. The van der Waals surface area contributed by atoms with E-state index < -0.39 is 0 Å². The van der Waals surface area contributed by atoms with Gasteiger partial charge in [-0.15, -0.1) is 5.10 Å². The molecule has 0 radical (unpaired) electrons. The monoisotopic (exact) mass is 271 g/mol. The topological polar surface area (TPSA) is 54.3 Å². The third-order valence-electron chi connectivity index (χ3n) is 3.51. The molecule has 104 valence electrons. The number of nitrogens with zero attached hydrogens (tertiary/aromatic N) is 5. The number of hydrogen-bond acceptors (Lipinski definition) is 4. The average molecular weight is 271 g/mol. The number of para-hydroxylation sites is 1. The van der Waals surface area contributed by atoms with Crippen LogP contribution in [0.1, 0.15) is 10.5 Å². The lowest BCUT2D eigenvalue weighted by Gasteiger charge is -2.35. The molecular formula is C14H17N5O. The number of carbonyl (C=O) groups is 1. The number of aryl methyl sites for hydroxylation is 1. The molecule has 1 saturated heterocycles. The lowest BCUT2D eigenvalue weighted by Crippen LogP contribution is -2.48. The van der Waals surface area contributed by atoms with Gasteiger partial charge in [0.25, 0.3) is 5.91 Å². The van der Waals surface area contributed by atoms with Crippen molar-refractivity contribution in [1.29, 1.82) is 0 Å². The van der Waals surface area contributed by atoms with Crippen molar-refractivity contribution in [1.82, 2.24) is 19.9 Å². The minimum absolute atomic E-state index is 0.0363. The van der Waals surface area contributed by atoms with Crippen molar-refractivity contribution >= 4 is 11.6 Å². The second-order valence-corrected chi connectivity index (χ2v) is 4.83. The zero-order chi connectivity index (χ0) is 13.9. The Balaban J connectivity index is 1.63. The molecule has 0 saturated carbocycles. The Morgan fingerprint density at radius 3 is 2.40 bits per heavy atom. The van der Waals surface area contributed by atoms with Crippen molar-refractivity contribution in [2.24, 2.45) is 7.05 Å². The molecule has 0 N–H and O–H groups in total. The smallest absolute Gasteiger partial charge is 0.276 e. The van der Waals surface area contributed by atoms with Crippen molar-refractivity contribution in [2.75, 3.05) is 31.1 Å². The van der Waals surface area contributed by atoms with Gasteiger partial charge in [-0.1, -0.05) is 18.2 Å². The fourth-order valence-electron chi connectivity index (χ4n) is 2.41. The summed E-state index contributed by atoms with van der Waals surface area (Å²) in [5, 5.41) is 8.01. The van der Waals surface area contributed by atoms with Crippen molar-refractivity contribution in [3.8, 4) is 0 Å². The van der Waals surface area contributed by atoms with Gasteiger partial charge in [-0.2, -0.15) is 9.90 Å². The third-order valence-corrected chi connectivity index (χ3v) is 3.51. The van der Waals surface area contributed by atoms with Gasteiger partial charge in [0.2, 0.25) is 0 Å². The van der Waals surface area contributed by atoms with Crippen LogP contribution in [0.4, 0.5) is 5.69 Å². The molecule has 1 aliphatic rings. The van der Waals surface area contributed by atoms with Crippen LogP contribution in [-0.4, -0.2) is 52.0 Å². The lowest BCUT2D eigenvalue weighted by molar-refractivity contribution is 0.0740. The van der Waals surface area contributed by atoms with Gasteiger partial charge in [0.15, 0.2) is 5.69 Å². The van der Waals surface area contributed by atoms with Gasteiger partial charge in [-0.3, -0.25) is 4.79 Å². The van der Waals surface area contributed by atoms with Gasteiger partial charge in [-0.25, -0.2) is 0 Å². The molecule has 1 aliphatic heterocycles. The molecule has 2 heterocycles. The first-order chi connectivity index (χ1) is 9.74. The second-order valence-electron chi connectivity index (χ2n) is 4.83. The molecule has 20 heavy (non-hydrogen) atoms. The van der Waals surface area contributed by atoms with E-state index in [-0.39, 0.29) is 5.91 Å². The van der Waals surface area contributed by atoms with E-state index in [1.54, 1.807) is 7.05 Å². The molecule has 1 aromatic heterocycles. The number of amides is 1. The quantitative estimate of drug-likeness (QED) is 0.810. The van der Waals surface area contributed by atoms with Gasteiger partial charge >= 0.3 is 0 Å². The van der Waals surface area contributed by atoms with Crippen LogP contribution in [0.15, 0.2) is 36.5 Å².